The monoisotopic (exact) mass is 359 g/mol. The van der Waals surface area contributed by atoms with Gasteiger partial charge in [-0.25, -0.2) is 4.98 Å². The molecule has 1 aliphatic carbocycles. The SMILES string of the molecule is O=C(Nc1ccc2nc(C3CCC3)[nH]c2c1)c1cc(Cl)ccc1Cl. The van der Waals surface area contributed by atoms with E-state index in [2.05, 4.69) is 15.3 Å². The van der Waals surface area contributed by atoms with Crippen LogP contribution in [0.2, 0.25) is 10.0 Å². The molecule has 1 amide bonds. The molecule has 0 saturated heterocycles. The van der Waals surface area contributed by atoms with Gasteiger partial charge in [0.25, 0.3) is 5.91 Å². The van der Waals surface area contributed by atoms with Crippen molar-refractivity contribution in [3.05, 3.63) is 57.8 Å². The maximum absolute atomic E-state index is 12.4. The summed E-state index contributed by atoms with van der Waals surface area (Å²) in [6.45, 7) is 0. The number of amides is 1. The Kier molecular flexibility index (Phi) is 3.94. The van der Waals surface area contributed by atoms with Gasteiger partial charge in [0.1, 0.15) is 5.82 Å². The van der Waals surface area contributed by atoms with E-state index in [1.54, 1.807) is 18.2 Å². The summed E-state index contributed by atoms with van der Waals surface area (Å²) in [6, 6.07) is 10.5. The summed E-state index contributed by atoms with van der Waals surface area (Å²) >= 11 is 12.0. The van der Waals surface area contributed by atoms with Crippen LogP contribution in [0.5, 0.6) is 0 Å². The van der Waals surface area contributed by atoms with Crippen LogP contribution in [0, 0.1) is 0 Å². The molecule has 122 valence electrons. The van der Waals surface area contributed by atoms with Crippen molar-refractivity contribution in [3.63, 3.8) is 0 Å². The van der Waals surface area contributed by atoms with Crippen LogP contribution in [0.15, 0.2) is 36.4 Å². The third-order valence-corrected chi connectivity index (χ3v) is 4.99. The minimum Gasteiger partial charge on any atom is -0.342 e. The second-order valence-electron chi connectivity index (χ2n) is 6.06. The van der Waals surface area contributed by atoms with Crippen molar-refractivity contribution in [2.24, 2.45) is 0 Å². The molecule has 1 aliphatic rings. The van der Waals surface area contributed by atoms with Crippen LogP contribution in [0.4, 0.5) is 5.69 Å². The molecule has 4 rings (SSSR count). The predicted octanol–water partition coefficient (Wildman–Crippen LogP) is 5.39. The summed E-state index contributed by atoms with van der Waals surface area (Å²) in [4.78, 5) is 20.4. The first-order chi connectivity index (χ1) is 11.6. The Balaban J connectivity index is 1.59. The zero-order valence-electron chi connectivity index (χ0n) is 12.8. The first-order valence-corrected chi connectivity index (χ1v) is 8.62. The number of hydrogen-bond acceptors (Lipinski definition) is 2. The number of nitrogens with zero attached hydrogens (tertiary/aromatic N) is 1. The van der Waals surface area contributed by atoms with Crippen LogP contribution in [0.3, 0.4) is 0 Å². The number of rotatable bonds is 3. The van der Waals surface area contributed by atoms with E-state index in [1.807, 2.05) is 18.2 Å². The Morgan fingerprint density at radius 3 is 2.75 bits per heavy atom. The van der Waals surface area contributed by atoms with Crippen molar-refractivity contribution in [3.8, 4) is 0 Å². The average Bonchev–Trinajstić information content (AvgIpc) is 2.90. The van der Waals surface area contributed by atoms with Crippen LogP contribution in [-0.2, 0) is 0 Å². The average molecular weight is 360 g/mol. The van der Waals surface area contributed by atoms with Crippen molar-refractivity contribution < 1.29 is 4.79 Å². The number of imidazole rings is 1. The molecule has 2 aromatic carbocycles. The number of aromatic nitrogens is 2. The molecule has 1 saturated carbocycles. The second kappa shape index (κ2) is 6.11. The number of carbonyl (C=O) groups is 1. The van der Waals surface area contributed by atoms with Crippen molar-refractivity contribution in [1.82, 2.24) is 9.97 Å². The highest BCUT2D eigenvalue weighted by atomic mass is 35.5. The topological polar surface area (TPSA) is 57.8 Å². The number of aromatic amines is 1. The Hall–Kier alpha value is -2.04. The molecular weight excluding hydrogens is 345 g/mol. The fourth-order valence-corrected chi connectivity index (χ4v) is 3.23. The Labute approximate surface area is 149 Å². The predicted molar refractivity (Wildman–Crippen MR) is 97.1 cm³/mol. The van der Waals surface area contributed by atoms with E-state index in [-0.39, 0.29) is 5.91 Å². The van der Waals surface area contributed by atoms with Gasteiger partial charge in [0.2, 0.25) is 0 Å². The number of fused-ring (bicyclic) bond motifs is 1. The zero-order valence-corrected chi connectivity index (χ0v) is 14.3. The molecule has 0 radical (unpaired) electrons. The van der Waals surface area contributed by atoms with E-state index in [0.29, 0.717) is 27.2 Å². The van der Waals surface area contributed by atoms with Gasteiger partial charge < -0.3 is 10.3 Å². The van der Waals surface area contributed by atoms with Crippen molar-refractivity contribution in [1.29, 1.82) is 0 Å². The molecule has 0 spiro atoms. The van der Waals surface area contributed by atoms with Gasteiger partial charge in [-0.3, -0.25) is 4.79 Å². The van der Waals surface area contributed by atoms with E-state index < -0.39 is 0 Å². The van der Waals surface area contributed by atoms with Gasteiger partial charge in [0, 0.05) is 16.6 Å². The largest absolute Gasteiger partial charge is 0.342 e. The molecular formula is C18H15Cl2N3O. The lowest BCUT2D eigenvalue weighted by Gasteiger charge is -2.22. The molecule has 1 heterocycles. The first-order valence-electron chi connectivity index (χ1n) is 7.86. The lowest BCUT2D eigenvalue weighted by molar-refractivity contribution is 0.102. The molecule has 6 heteroatoms. The minimum atomic E-state index is -0.291. The third-order valence-electron chi connectivity index (χ3n) is 4.42. The Morgan fingerprint density at radius 2 is 2.00 bits per heavy atom. The molecule has 1 aromatic heterocycles. The molecule has 0 aliphatic heterocycles. The van der Waals surface area contributed by atoms with E-state index >= 15 is 0 Å². The zero-order chi connectivity index (χ0) is 16.7. The van der Waals surface area contributed by atoms with E-state index in [1.165, 1.54) is 19.3 Å². The highest BCUT2D eigenvalue weighted by Gasteiger charge is 2.22. The number of carbonyl (C=O) groups excluding carboxylic acids is 1. The van der Waals surface area contributed by atoms with Crippen LogP contribution in [0.1, 0.15) is 41.4 Å². The Bertz CT molecular complexity index is 931. The van der Waals surface area contributed by atoms with Gasteiger partial charge in [-0.1, -0.05) is 29.6 Å². The number of halogens is 2. The van der Waals surface area contributed by atoms with Gasteiger partial charge in [0.15, 0.2) is 0 Å². The molecule has 0 unspecified atom stereocenters. The lowest BCUT2D eigenvalue weighted by atomic mass is 9.85. The number of anilines is 1. The molecule has 3 aromatic rings. The number of H-pyrrole nitrogens is 1. The highest BCUT2D eigenvalue weighted by Crippen LogP contribution is 2.35. The maximum Gasteiger partial charge on any atom is 0.257 e. The molecule has 4 nitrogen and oxygen atoms in total. The van der Waals surface area contributed by atoms with Gasteiger partial charge in [-0.15, -0.1) is 0 Å². The van der Waals surface area contributed by atoms with Crippen LogP contribution in [0.25, 0.3) is 11.0 Å². The quantitative estimate of drug-likeness (QED) is 0.658. The normalized spacial score (nSPS) is 14.6. The van der Waals surface area contributed by atoms with Crippen LogP contribution < -0.4 is 5.32 Å². The van der Waals surface area contributed by atoms with Crippen LogP contribution >= 0.6 is 23.2 Å². The molecule has 0 bridgehead atoms. The second-order valence-corrected chi connectivity index (χ2v) is 6.90. The molecule has 24 heavy (non-hydrogen) atoms. The summed E-state index contributed by atoms with van der Waals surface area (Å²) in [5.74, 6) is 1.29. The van der Waals surface area contributed by atoms with E-state index in [0.717, 1.165) is 16.9 Å². The number of benzene rings is 2. The van der Waals surface area contributed by atoms with Gasteiger partial charge in [-0.05, 0) is 49.2 Å². The van der Waals surface area contributed by atoms with Gasteiger partial charge >= 0.3 is 0 Å². The lowest BCUT2D eigenvalue weighted by Crippen LogP contribution is -2.12. The number of nitrogens with one attached hydrogen (secondary N) is 2. The first kappa shape index (κ1) is 15.5. The van der Waals surface area contributed by atoms with Crippen LogP contribution in [-0.4, -0.2) is 15.9 Å². The smallest absolute Gasteiger partial charge is 0.257 e. The highest BCUT2D eigenvalue weighted by molar-refractivity contribution is 6.36. The van der Waals surface area contributed by atoms with Gasteiger partial charge in [0.05, 0.1) is 21.6 Å². The summed E-state index contributed by atoms with van der Waals surface area (Å²) in [5.41, 5.74) is 2.87. The fraction of sp³-hybridized carbons (Fsp3) is 0.222. The van der Waals surface area contributed by atoms with Crippen molar-refractivity contribution >= 4 is 45.8 Å². The van der Waals surface area contributed by atoms with Crippen molar-refractivity contribution in [2.75, 3.05) is 5.32 Å². The van der Waals surface area contributed by atoms with Crippen molar-refractivity contribution in [2.45, 2.75) is 25.2 Å². The van der Waals surface area contributed by atoms with Gasteiger partial charge in [-0.2, -0.15) is 0 Å². The molecule has 2 N–H and O–H groups in total. The number of hydrogen-bond donors (Lipinski definition) is 2. The van der Waals surface area contributed by atoms with E-state index in [4.69, 9.17) is 23.2 Å². The fourth-order valence-electron chi connectivity index (χ4n) is 2.85. The molecule has 1 fully saturated rings. The van der Waals surface area contributed by atoms with E-state index in [9.17, 15) is 4.79 Å². The third kappa shape index (κ3) is 2.87. The summed E-state index contributed by atoms with van der Waals surface area (Å²) in [6.07, 6.45) is 3.65. The summed E-state index contributed by atoms with van der Waals surface area (Å²) in [7, 11) is 0. The summed E-state index contributed by atoms with van der Waals surface area (Å²) < 4.78 is 0. The minimum absolute atomic E-state index is 0.291. The standard InChI is InChI=1S/C18H15Cl2N3O/c19-11-4-6-14(20)13(8-11)18(24)21-12-5-7-15-16(9-12)23-17(22-15)10-2-1-3-10/h4-10H,1-3H2,(H,21,24)(H,22,23). The maximum atomic E-state index is 12.4. The summed E-state index contributed by atoms with van der Waals surface area (Å²) in [5, 5.41) is 3.69. The molecule has 0 atom stereocenters. The Morgan fingerprint density at radius 1 is 1.17 bits per heavy atom.